The van der Waals surface area contributed by atoms with Gasteiger partial charge in [0.05, 0.1) is 13.1 Å². The van der Waals surface area contributed by atoms with E-state index in [2.05, 4.69) is 34.1 Å². The maximum Gasteiger partial charge on any atom is 0.401 e. The molecule has 0 spiro atoms. The van der Waals surface area contributed by atoms with Crippen LogP contribution >= 0.6 is 0 Å². The molecular formula is C19H37F3N6. The van der Waals surface area contributed by atoms with Crippen LogP contribution in [0.1, 0.15) is 20.3 Å². The number of nitrogens with one attached hydrogen (secondary N) is 1. The van der Waals surface area contributed by atoms with E-state index in [0.717, 1.165) is 58.2 Å². The van der Waals surface area contributed by atoms with Crippen LogP contribution in [0.15, 0.2) is 4.99 Å². The fourth-order valence-corrected chi connectivity index (χ4v) is 4.01. The van der Waals surface area contributed by atoms with Crippen molar-refractivity contribution in [2.45, 2.75) is 32.5 Å². The fraction of sp³-hybridized carbons (Fsp3) is 0.947. The van der Waals surface area contributed by atoms with Crippen molar-refractivity contribution in [1.82, 2.24) is 24.9 Å². The summed E-state index contributed by atoms with van der Waals surface area (Å²) in [5.41, 5.74) is 0. The van der Waals surface area contributed by atoms with Crippen molar-refractivity contribution in [3.8, 4) is 0 Å². The van der Waals surface area contributed by atoms with Gasteiger partial charge in [-0.15, -0.1) is 0 Å². The molecule has 2 unspecified atom stereocenters. The molecule has 2 atom stereocenters. The Morgan fingerprint density at radius 3 is 2.54 bits per heavy atom. The minimum atomic E-state index is -4.14. The van der Waals surface area contributed by atoms with Crippen LogP contribution in [0.4, 0.5) is 13.2 Å². The molecular weight excluding hydrogens is 369 g/mol. The molecule has 2 heterocycles. The van der Waals surface area contributed by atoms with E-state index in [1.165, 1.54) is 4.90 Å². The van der Waals surface area contributed by atoms with Crippen molar-refractivity contribution in [2.24, 2.45) is 10.9 Å². The van der Waals surface area contributed by atoms with Crippen molar-refractivity contribution >= 4 is 5.96 Å². The third kappa shape index (κ3) is 7.40. The summed E-state index contributed by atoms with van der Waals surface area (Å²) in [4.78, 5) is 13.3. The zero-order valence-corrected chi connectivity index (χ0v) is 17.8. The molecule has 0 aromatic heterocycles. The summed E-state index contributed by atoms with van der Waals surface area (Å²) in [6.07, 6.45) is -3.23. The Balaban J connectivity index is 1.91. The van der Waals surface area contributed by atoms with Gasteiger partial charge in [0.2, 0.25) is 0 Å². The van der Waals surface area contributed by atoms with Gasteiger partial charge in [-0.2, -0.15) is 13.2 Å². The van der Waals surface area contributed by atoms with Crippen LogP contribution in [0.3, 0.4) is 0 Å². The van der Waals surface area contributed by atoms with Crippen molar-refractivity contribution in [1.29, 1.82) is 0 Å². The molecule has 6 nitrogen and oxygen atoms in total. The number of alkyl halides is 3. The SMILES string of the molecule is CCNC(=NCC1CN(C)CCN1C)N1CCC(CN(CC)CC(F)(F)F)C1. The number of likely N-dealkylation sites (tertiary alicyclic amines) is 1. The fourth-order valence-electron chi connectivity index (χ4n) is 4.01. The summed E-state index contributed by atoms with van der Waals surface area (Å²) in [6, 6.07) is 0.396. The van der Waals surface area contributed by atoms with E-state index in [9.17, 15) is 13.2 Å². The van der Waals surface area contributed by atoms with E-state index < -0.39 is 12.7 Å². The molecule has 0 aromatic rings. The zero-order chi connectivity index (χ0) is 20.7. The normalized spacial score (nSPS) is 25.7. The molecule has 0 radical (unpaired) electrons. The van der Waals surface area contributed by atoms with Gasteiger partial charge in [0.1, 0.15) is 0 Å². The van der Waals surface area contributed by atoms with Gasteiger partial charge in [0.15, 0.2) is 5.96 Å². The second-order valence-electron chi connectivity index (χ2n) is 8.13. The van der Waals surface area contributed by atoms with Crippen molar-refractivity contribution in [3.63, 3.8) is 0 Å². The molecule has 9 heteroatoms. The number of piperazine rings is 1. The van der Waals surface area contributed by atoms with Gasteiger partial charge in [0, 0.05) is 51.9 Å². The van der Waals surface area contributed by atoms with Gasteiger partial charge < -0.3 is 15.1 Å². The number of likely N-dealkylation sites (N-methyl/N-ethyl adjacent to an activating group) is 2. The Bertz CT molecular complexity index is 499. The predicted molar refractivity (Wildman–Crippen MR) is 108 cm³/mol. The Kier molecular flexibility index (Phi) is 8.82. The Hall–Kier alpha value is -1.06. The van der Waals surface area contributed by atoms with Crippen LogP contribution in [-0.2, 0) is 0 Å². The number of hydrogen-bond donors (Lipinski definition) is 1. The second-order valence-corrected chi connectivity index (χ2v) is 8.13. The van der Waals surface area contributed by atoms with Gasteiger partial charge in [-0.05, 0) is 39.9 Å². The lowest BCUT2D eigenvalue weighted by molar-refractivity contribution is -0.146. The Morgan fingerprint density at radius 1 is 1.14 bits per heavy atom. The maximum absolute atomic E-state index is 12.7. The Labute approximate surface area is 167 Å². The quantitative estimate of drug-likeness (QED) is 0.511. The topological polar surface area (TPSA) is 37.4 Å². The molecule has 0 saturated carbocycles. The van der Waals surface area contributed by atoms with Gasteiger partial charge in [-0.1, -0.05) is 6.92 Å². The number of nitrogens with zero attached hydrogens (tertiary/aromatic N) is 5. The van der Waals surface area contributed by atoms with Crippen LogP contribution in [0, 0.1) is 5.92 Å². The lowest BCUT2D eigenvalue weighted by Crippen LogP contribution is -2.51. The summed E-state index contributed by atoms with van der Waals surface area (Å²) in [5, 5.41) is 3.37. The first-order valence-electron chi connectivity index (χ1n) is 10.4. The lowest BCUT2D eigenvalue weighted by Gasteiger charge is -2.37. The molecule has 2 aliphatic heterocycles. The first-order valence-corrected chi connectivity index (χ1v) is 10.4. The van der Waals surface area contributed by atoms with Crippen LogP contribution in [0.25, 0.3) is 0 Å². The summed E-state index contributed by atoms with van der Waals surface area (Å²) >= 11 is 0. The van der Waals surface area contributed by atoms with Gasteiger partial charge in [-0.3, -0.25) is 14.8 Å². The van der Waals surface area contributed by atoms with Crippen molar-refractivity contribution < 1.29 is 13.2 Å². The summed E-state index contributed by atoms with van der Waals surface area (Å²) in [5.74, 6) is 1.14. The van der Waals surface area contributed by atoms with E-state index in [1.54, 1.807) is 6.92 Å². The summed E-state index contributed by atoms with van der Waals surface area (Å²) < 4.78 is 38.2. The third-order valence-electron chi connectivity index (χ3n) is 5.72. The monoisotopic (exact) mass is 406 g/mol. The Morgan fingerprint density at radius 2 is 1.89 bits per heavy atom. The highest BCUT2D eigenvalue weighted by Crippen LogP contribution is 2.21. The number of aliphatic imine (C=N–C) groups is 1. The molecule has 2 fully saturated rings. The van der Waals surface area contributed by atoms with E-state index in [0.29, 0.717) is 19.1 Å². The summed E-state index contributed by atoms with van der Waals surface area (Å²) in [7, 11) is 4.28. The standard InChI is InChI=1S/C19H37F3N6/c1-5-23-18(24-11-17-14-25(3)9-10-26(17)4)28-8-7-16(13-28)12-27(6-2)15-19(20,21)22/h16-17H,5-15H2,1-4H3,(H,23,24). The third-order valence-corrected chi connectivity index (χ3v) is 5.72. The van der Waals surface area contributed by atoms with Gasteiger partial charge in [-0.25, -0.2) is 0 Å². The highest BCUT2D eigenvalue weighted by atomic mass is 19.4. The minimum Gasteiger partial charge on any atom is -0.357 e. The molecule has 2 rings (SSSR count). The van der Waals surface area contributed by atoms with Crippen molar-refractivity contribution in [3.05, 3.63) is 0 Å². The molecule has 28 heavy (non-hydrogen) atoms. The molecule has 164 valence electrons. The van der Waals surface area contributed by atoms with E-state index in [4.69, 9.17) is 4.99 Å². The highest BCUT2D eigenvalue weighted by Gasteiger charge is 2.33. The summed E-state index contributed by atoms with van der Waals surface area (Å²) in [6.45, 7) is 10.2. The van der Waals surface area contributed by atoms with Gasteiger partial charge in [0.25, 0.3) is 0 Å². The van der Waals surface area contributed by atoms with Crippen LogP contribution < -0.4 is 5.32 Å². The molecule has 1 N–H and O–H groups in total. The van der Waals surface area contributed by atoms with Crippen LogP contribution in [0.2, 0.25) is 0 Å². The molecule has 0 aliphatic carbocycles. The smallest absolute Gasteiger partial charge is 0.357 e. The molecule has 2 saturated heterocycles. The molecule has 0 amide bonds. The number of guanidine groups is 1. The van der Waals surface area contributed by atoms with E-state index >= 15 is 0 Å². The van der Waals surface area contributed by atoms with Gasteiger partial charge >= 0.3 is 6.18 Å². The molecule has 0 aromatic carbocycles. The minimum absolute atomic E-state index is 0.245. The lowest BCUT2D eigenvalue weighted by atomic mass is 10.1. The molecule has 2 aliphatic rings. The average Bonchev–Trinajstić information content (AvgIpc) is 3.07. The van der Waals surface area contributed by atoms with E-state index in [1.807, 2.05) is 6.92 Å². The van der Waals surface area contributed by atoms with Crippen LogP contribution in [-0.4, -0.2) is 117 Å². The highest BCUT2D eigenvalue weighted by molar-refractivity contribution is 5.80. The number of rotatable bonds is 7. The van der Waals surface area contributed by atoms with Crippen molar-refractivity contribution in [2.75, 3.05) is 79.5 Å². The van der Waals surface area contributed by atoms with E-state index in [-0.39, 0.29) is 5.92 Å². The van der Waals surface area contributed by atoms with Crippen LogP contribution in [0.5, 0.6) is 0 Å². The first-order chi connectivity index (χ1) is 13.2. The average molecular weight is 407 g/mol. The zero-order valence-electron chi connectivity index (χ0n) is 17.8. The molecule has 0 bridgehead atoms. The largest absolute Gasteiger partial charge is 0.401 e. The second kappa shape index (κ2) is 10.6. The first kappa shape index (κ1) is 23.2. The predicted octanol–water partition coefficient (Wildman–Crippen LogP) is 1.40. The number of halogens is 3. The number of hydrogen-bond acceptors (Lipinski definition) is 4. The maximum atomic E-state index is 12.7.